The van der Waals surface area contributed by atoms with Crippen LogP contribution < -0.4 is 0 Å². The average molecular weight is 295 g/mol. The van der Waals surface area contributed by atoms with Gasteiger partial charge in [-0.3, -0.25) is 0 Å². The SMILES string of the molecule is Cc1cccc(S(=O)(=O)N2CC[C@H](O)C[C@@H]2C2CC2)c1. The van der Waals surface area contributed by atoms with Crippen LogP contribution in [0.5, 0.6) is 0 Å². The minimum Gasteiger partial charge on any atom is -0.393 e. The van der Waals surface area contributed by atoms with E-state index in [9.17, 15) is 13.5 Å². The zero-order valence-electron chi connectivity index (χ0n) is 11.7. The number of aryl methyl sites for hydroxylation is 1. The Hall–Kier alpha value is -0.910. The lowest BCUT2D eigenvalue weighted by atomic mass is 9.98. The van der Waals surface area contributed by atoms with Gasteiger partial charge in [0.2, 0.25) is 10.0 Å². The van der Waals surface area contributed by atoms with Gasteiger partial charge in [-0.1, -0.05) is 12.1 Å². The minimum atomic E-state index is -3.44. The number of rotatable bonds is 3. The summed E-state index contributed by atoms with van der Waals surface area (Å²) in [5.41, 5.74) is 0.950. The van der Waals surface area contributed by atoms with Crippen LogP contribution >= 0.6 is 0 Å². The summed E-state index contributed by atoms with van der Waals surface area (Å²) in [5.74, 6) is 0.435. The highest BCUT2D eigenvalue weighted by molar-refractivity contribution is 7.89. The Labute approximate surface area is 120 Å². The fourth-order valence-electron chi connectivity index (χ4n) is 3.07. The number of nitrogens with zero attached hydrogens (tertiary/aromatic N) is 1. The van der Waals surface area contributed by atoms with Gasteiger partial charge in [0.25, 0.3) is 0 Å². The number of aliphatic hydroxyl groups is 1. The summed E-state index contributed by atoms with van der Waals surface area (Å²) in [6, 6.07) is 7.05. The monoisotopic (exact) mass is 295 g/mol. The normalized spacial score (nSPS) is 28.5. The van der Waals surface area contributed by atoms with Crippen molar-refractivity contribution in [3.8, 4) is 0 Å². The van der Waals surface area contributed by atoms with Crippen LogP contribution in [0.15, 0.2) is 29.2 Å². The van der Waals surface area contributed by atoms with Crippen molar-refractivity contribution < 1.29 is 13.5 Å². The summed E-state index contributed by atoms with van der Waals surface area (Å²) in [6.07, 6.45) is 2.92. The molecule has 1 aromatic carbocycles. The Morgan fingerprint density at radius 2 is 2.00 bits per heavy atom. The lowest BCUT2D eigenvalue weighted by molar-refractivity contribution is 0.0736. The van der Waals surface area contributed by atoms with Gasteiger partial charge >= 0.3 is 0 Å². The van der Waals surface area contributed by atoms with Crippen LogP contribution in [0.25, 0.3) is 0 Å². The number of sulfonamides is 1. The number of benzene rings is 1. The van der Waals surface area contributed by atoms with E-state index in [1.54, 1.807) is 22.5 Å². The van der Waals surface area contributed by atoms with Crippen LogP contribution in [0, 0.1) is 12.8 Å². The molecule has 1 aliphatic heterocycles. The van der Waals surface area contributed by atoms with Crippen molar-refractivity contribution in [2.45, 2.75) is 49.6 Å². The predicted octanol–water partition coefficient (Wildman–Crippen LogP) is 1.92. The third-order valence-electron chi connectivity index (χ3n) is 4.33. The standard InChI is InChI=1S/C15H21NO3S/c1-11-3-2-4-14(9-11)20(18,19)16-8-7-13(17)10-15(16)12-5-6-12/h2-4,9,12-13,15,17H,5-8,10H2,1H3/t13-,15+/m0/s1. The number of hydrogen-bond acceptors (Lipinski definition) is 3. The fraction of sp³-hybridized carbons (Fsp3) is 0.600. The average Bonchev–Trinajstić information content (AvgIpc) is 3.22. The molecule has 110 valence electrons. The first-order valence-corrected chi connectivity index (χ1v) is 8.69. The maximum atomic E-state index is 12.8. The molecule has 1 N–H and O–H groups in total. The topological polar surface area (TPSA) is 57.6 Å². The molecule has 0 radical (unpaired) electrons. The van der Waals surface area contributed by atoms with E-state index in [2.05, 4.69) is 0 Å². The lowest BCUT2D eigenvalue weighted by Gasteiger charge is -2.37. The number of aliphatic hydroxyl groups excluding tert-OH is 1. The molecular formula is C15H21NO3S. The van der Waals surface area contributed by atoms with E-state index in [0.29, 0.717) is 30.2 Å². The molecule has 0 spiro atoms. The molecule has 2 fully saturated rings. The maximum absolute atomic E-state index is 12.8. The van der Waals surface area contributed by atoms with Gasteiger partial charge < -0.3 is 5.11 Å². The van der Waals surface area contributed by atoms with Gasteiger partial charge in [-0.2, -0.15) is 4.31 Å². The molecule has 1 heterocycles. The summed E-state index contributed by atoms with van der Waals surface area (Å²) in [5, 5.41) is 9.83. The van der Waals surface area contributed by atoms with E-state index < -0.39 is 10.0 Å². The Bertz CT molecular complexity index is 595. The first kappa shape index (κ1) is 14.0. The van der Waals surface area contributed by atoms with E-state index in [1.807, 2.05) is 13.0 Å². The van der Waals surface area contributed by atoms with Gasteiger partial charge in [0.05, 0.1) is 11.0 Å². The molecule has 0 bridgehead atoms. The second-order valence-corrected chi connectivity index (χ2v) is 7.91. The van der Waals surface area contributed by atoms with Crippen LogP contribution in [0.2, 0.25) is 0 Å². The van der Waals surface area contributed by atoms with Crippen molar-refractivity contribution >= 4 is 10.0 Å². The van der Waals surface area contributed by atoms with E-state index in [4.69, 9.17) is 0 Å². The Morgan fingerprint density at radius 3 is 2.65 bits per heavy atom. The van der Waals surface area contributed by atoms with E-state index >= 15 is 0 Å². The quantitative estimate of drug-likeness (QED) is 0.927. The molecule has 0 aromatic heterocycles. The van der Waals surface area contributed by atoms with Crippen LogP contribution in [0.3, 0.4) is 0 Å². The Balaban J connectivity index is 1.93. The molecule has 1 saturated carbocycles. The van der Waals surface area contributed by atoms with Crippen molar-refractivity contribution in [1.82, 2.24) is 4.31 Å². The summed E-state index contributed by atoms with van der Waals surface area (Å²) in [4.78, 5) is 0.375. The van der Waals surface area contributed by atoms with E-state index in [1.165, 1.54) is 0 Å². The van der Waals surface area contributed by atoms with E-state index in [0.717, 1.165) is 18.4 Å². The van der Waals surface area contributed by atoms with E-state index in [-0.39, 0.29) is 12.1 Å². The second-order valence-electron chi connectivity index (χ2n) is 6.02. The molecule has 1 aliphatic carbocycles. The largest absolute Gasteiger partial charge is 0.393 e. The smallest absolute Gasteiger partial charge is 0.243 e. The summed E-state index contributed by atoms with van der Waals surface area (Å²) in [7, 11) is -3.44. The zero-order chi connectivity index (χ0) is 14.3. The van der Waals surface area contributed by atoms with Crippen LogP contribution in [0.4, 0.5) is 0 Å². The molecule has 0 amide bonds. The fourth-order valence-corrected chi connectivity index (χ4v) is 4.89. The zero-order valence-corrected chi connectivity index (χ0v) is 12.5. The molecule has 4 nitrogen and oxygen atoms in total. The molecule has 2 aliphatic rings. The maximum Gasteiger partial charge on any atom is 0.243 e. The van der Waals surface area contributed by atoms with Gasteiger partial charge in [0, 0.05) is 12.6 Å². The summed E-state index contributed by atoms with van der Waals surface area (Å²) in [6.45, 7) is 2.33. The highest BCUT2D eigenvalue weighted by Crippen LogP contribution is 2.41. The minimum absolute atomic E-state index is 0.0238. The van der Waals surface area contributed by atoms with Crippen LogP contribution in [-0.4, -0.2) is 36.5 Å². The van der Waals surface area contributed by atoms with Gasteiger partial charge in [-0.05, 0) is 56.2 Å². The van der Waals surface area contributed by atoms with Crippen molar-refractivity contribution in [3.63, 3.8) is 0 Å². The molecule has 5 heteroatoms. The highest BCUT2D eigenvalue weighted by atomic mass is 32.2. The van der Waals surface area contributed by atoms with Crippen molar-refractivity contribution in [2.24, 2.45) is 5.92 Å². The lowest BCUT2D eigenvalue weighted by Crippen LogP contribution is -2.48. The van der Waals surface area contributed by atoms with Crippen LogP contribution in [-0.2, 0) is 10.0 Å². The predicted molar refractivity (Wildman–Crippen MR) is 76.8 cm³/mol. The molecule has 2 atom stereocenters. The first-order valence-electron chi connectivity index (χ1n) is 7.25. The Morgan fingerprint density at radius 1 is 1.25 bits per heavy atom. The molecule has 3 rings (SSSR count). The third kappa shape index (κ3) is 2.62. The van der Waals surface area contributed by atoms with Gasteiger partial charge in [0.15, 0.2) is 0 Å². The van der Waals surface area contributed by atoms with Gasteiger partial charge in [0.1, 0.15) is 0 Å². The van der Waals surface area contributed by atoms with Crippen LogP contribution in [0.1, 0.15) is 31.2 Å². The molecular weight excluding hydrogens is 274 g/mol. The molecule has 0 unspecified atom stereocenters. The number of piperidine rings is 1. The molecule has 1 saturated heterocycles. The summed E-state index contributed by atoms with van der Waals surface area (Å²) < 4.78 is 27.3. The highest BCUT2D eigenvalue weighted by Gasteiger charge is 2.44. The van der Waals surface area contributed by atoms with Gasteiger partial charge in [-0.15, -0.1) is 0 Å². The number of hydrogen-bond donors (Lipinski definition) is 1. The molecule has 20 heavy (non-hydrogen) atoms. The Kier molecular flexibility index (Phi) is 3.60. The van der Waals surface area contributed by atoms with Crippen molar-refractivity contribution in [2.75, 3.05) is 6.54 Å². The van der Waals surface area contributed by atoms with Crippen molar-refractivity contribution in [1.29, 1.82) is 0 Å². The summed E-state index contributed by atoms with van der Waals surface area (Å²) >= 11 is 0. The second kappa shape index (κ2) is 5.13. The molecule has 1 aromatic rings. The third-order valence-corrected chi connectivity index (χ3v) is 6.25. The van der Waals surface area contributed by atoms with Gasteiger partial charge in [-0.25, -0.2) is 8.42 Å². The van der Waals surface area contributed by atoms with Crippen molar-refractivity contribution in [3.05, 3.63) is 29.8 Å². The first-order chi connectivity index (χ1) is 9.48.